The summed E-state index contributed by atoms with van der Waals surface area (Å²) in [6.45, 7) is 3.32. The maximum absolute atomic E-state index is 12.5. The summed E-state index contributed by atoms with van der Waals surface area (Å²) in [5.74, 6) is -1.35. The first kappa shape index (κ1) is 19.7. The second-order valence-electron chi connectivity index (χ2n) is 6.33. The highest BCUT2D eigenvalue weighted by atomic mass is 19.4. The van der Waals surface area contributed by atoms with Gasteiger partial charge in [0.05, 0.1) is 0 Å². The number of hydrogen-bond donors (Lipinski definition) is 1. The Morgan fingerprint density at radius 1 is 1.10 bits per heavy atom. The van der Waals surface area contributed by atoms with E-state index in [9.17, 15) is 22.8 Å². The Bertz CT molecular complexity index is 376. The molecule has 124 valence electrons. The fourth-order valence-corrected chi connectivity index (χ4v) is 1.38. The van der Waals surface area contributed by atoms with Crippen LogP contribution < -0.4 is 5.73 Å². The van der Waals surface area contributed by atoms with E-state index in [2.05, 4.69) is 0 Å². The highest BCUT2D eigenvalue weighted by Crippen LogP contribution is 2.22. The van der Waals surface area contributed by atoms with Crippen LogP contribution in [0.3, 0.4) is 0 Å². The summed E-state index contributed by atoms with van der Waals surface area (Å²) < 4.78 is 37.6. The fraction of sp³-hybridized carbons (Fsp3) is 0.846. The van der Waals surface area contributed by atoms with Gasteiger partial charge in [-0.25, -0.2) is 0 Å². The van der Waals surface area contributed by atoms with Gasteiger partial charge in [-0.15, -0.1) is 0 Å². The molecule has 0 saturated heterocycles. The van der Waals surface area contributed by atoms with Gasteiger partial charge >= 0.3 is 6.18 Å². The van der Waals surface area contributed by atoms with Crippen LogP contribution >= 0.6 is 0 Å². The van der Waals surface area contributed by atoms with Crippen LogP contribution in [-0.2, 0) is 9.59 Å². The molecule has 0 aliphatic carbocycles. The van der Waals surface area contributed by atoms with E-state index in [0.717, 1.165) is 4.90 Å². The van der Waals surface area contributed by atoms with Gasteiger partial charge in [-0.2, -0.15) is 13.2 Å². The molecule has 0 rings (SSSR count). The molecular formula is C13H24F3N3O2. The second kappa shape index (κ2) is 7.11. The van der Waals surface area contributed by atoms with Crippen molar-refractivity contribution in [2.24, 2.45) is 11.1 Å². The van der Waals surface area contributed by atoms with Crippen LogP contribution in [0.2, 0.25) is 0 Å². The number of carbonyl (C=O) groups excluding carboxylic acids is 2. The molecule has 2 N–H and O–H groups in total. The summed E-state index contributed by atoms with van der Waals surface area (Å²) in [5.41, 5.74) is 5.41. The third-order valence-corrected chi connectivity index (χ3v) is 3.05. The summed E-state index contributed by atoms with van der Waals surface area (Å²) in [5, 5.41) is 0. The molecule has 1 unspecified atom stereocenters. The molecule has 5 nitrogen and oxygen atoms in total. The number of hydrogen-bond acceptors (Lipinski definition) is 3. The molecule has 2 amide bonds. The molecule has 0 fully saturated rings. The average Bonchev–Trinajstić information content (AvgIpc) is 2.24. The van der Waals surface area contributed by atoms with E-state index >= 15 is 0 Å². The second-order valence-corrected chi connectivity index (χ2v) is 6.33. The number of amides is 2. The van der Waals surface area contributed by atoms with Gasteiger partial charge in [0.2, 0.25) is 11.8 Å². The highest BCUT2D eigenvalue weighted by Gasteiger charge is 2.35. The number of nitrogens with two attached hydrogens (primary N) is 1. The van der Waals surface area contributed by atoms with Crippen molar-refractivity contribution in [3.63, 3.8) is 0 Å². The fourth-order valence-electron chi connectivity index (χ4n) is 1.38. The van der Waals surface area contributed by atoms with Gasteiger partial charge in [0.1, 0.15) is 13.1 Å². The van der Waals surface area contributed by atoms with Crippen molar-refractivity contribution in [3.05, 3.63) is 0 Å². The highest BCUT2D eigenvalue weighted by molar-refractivity contribution is 5.84. The van der Waals surface area contributed by atoms with Gasteiger partial charge < -0.3 is 15.5 Å². The van der Waals surface area contributed by atoms with Gasteiger partial charge in [0, 0.05) is 26.6 Å². The zero-order valence-corrected chi connectivity index (χ0v) is 13.1. The molecule has 21 heavy (non-hydrogen) atoms. The molecule has 0 aromatic carbocycles. The van der Waals surface area contributed by atoms with Crippen LogP contribution in [0, 0.1) is 5.41 Å². The molecule has 0 aromatic heterocycles. The standard InChI is InChI=1S/C13H24F3N3O2/c1-12(2,3)9(17)6-10(20)19(8-13(14,15)16)7-11(21)18(4)5/h9H,6-8,17H2,1-5H3. The molecule has 0 spiro atoms. The van der Waals surface area contributed by atoms with Crippen LogP contribution in [-0.4, -0.2) is 61.0 Å². The lowest BCUT2D eigenvalue weighted by Gasteiger charge is -2.30. The topological polar surface area (TPSA) is 66.6 Å². The van der Waals surface area contributed by atoms with E-state index in [0.29, 0.717) is 4.90 Å². The van der Waals surface area contributed by atoms with Crippen LogP contribution in [0.5, 0.6) is 0 Å². The van der Waals surface area contributed by atoms with Gasteiger partial charge in [-0.05, 0) is 5.41 Å². The van der Waals surface area contributed by atoms with E-state index in [1.807, 2.05) is 0 Å². The summed E-state index contributed by atoms with van der Waals surface area (Å²) in [6.07, 6.45) is -4.80. The maximum Gasteiger partial charge on any atom is 0.406 e. The van der Waals surface area contributed by atoms with E-state index < -0.39 is 42.5 Å². The maximum atomic E-state index is 12.5. The van der Waals surface area contributed by atoms with Crippen molar-refractivity contribution in [3.8, 4) is 0 Å². The Labute approximate surface area is 123 Å². The van der Waals surface area contributed by atoms with Gasteiger partial charge in [0.15, 0.2) is 0 Å². The zero-order valence-electron chi connectivity index (χ0n) is 13.1. The summed E-state index contributed by atoms with van der Waals surface area (Å²) >= 11 is 0. The Balaban J connectivity index is 4.95. The number of rotatable bonds is 5. The van der Waals surface area contributed by atoms with Crippen molar-refractivity contribution in [1.29, 1.82) is 0 Å². The number of halogens is 3. The quantitative estimate of drug-likeness (QED) is 0.830. The van der Waals surface area contributed by atoms with E-state index in [1.54, 1.807) is 20.8 Å². The smallest absolute Gasteiger partial charge is 0.347 e. The number of alkyl halides is 3. The van der Waals surface area contributed by atoms with Crippen LogP contribution in [0.4, 0.5) is 13.2 Å². The third-order valence-electron chi connectivity index (χ3n) is 3.05. The first-order valence-corrected chi connectivity index (χ1v) is 6.54. The predicted molar refractivity (Wildman–Crippen MR) is 73.4 cm³/mol. The molecule has 8 heteroatoms. The first-order valence-electron chi connectivity index (χ1n) is 6.54. The van der Waals surface area contributed by atoms with E-state index in [-0.39, 0.29) is 6.42 Å². The molecular weight excluding hydrogens is 287 g/mol. The van der Waals surface area contributed by atoms with Crippen molar-refractivity contribution in [1.82, 2.24) is 9.80 Å². The zero-order chi connectivity index (χ0) is 17.0. The Morgan fingerprint density at radius 3 is 1.90 bits per heavy atom. The van der Waals surface area contributed by atoms with Crippen LogP contribution in [0.25, 0.3) is 0 Å². The van der Waals surface area contributed by atoms with Crippen molar-refractivity contribution >= 4 is 11.8 Å². The van der Waals surface area contributed by atoms with Crippen LogP contribution in [0.15, 0.2) is 0 Å². The first-order chi connectivity index (χ1) is 9.24. The minimum atomic E-state index is -4.56. The minimum absolute atomic E-state index is 0.236. The largest absolute Gasteiger partial charge is 0.406 e. The Hall–Kier alpha value is -1.31. The van der Waals surface area contributed by atoms with Crippen molar-refractivity contribution < 1.29 is 22.8 Å². The molecule has 0 aliphatic rings. The predicted octanol–water partition coefficient (Wildman–Crippen LogP) is 1.23. The summed E-state index contributed by atoms with van der Waals surface area (Å²) in [4.78, 5) is 25.2. The van der Waals surface area contributed by atoms with Gasteiger partial charge in [-0.3, -0.25) is 9.59 Å². The molecule has 0 saturated carbocycles. The van der Waals surface area contributed by atoms with Crippen LogP contribution in [0.1, 0.15) is 27.2 Å². The molecule has 0 radical (unpaired) electrons. The molecule has 0 heterocycles. The SMILES string of the molecule is CN(C)C(=O)CN(CC(F)(F)F)C(=O)CC(N)C(C)(C)C. The lowest BCUT2D eigenvalue weighted by Crippen LogP contribution is -2.48. The van der Waals surface area contributed by atoms with Gasteiger partial charge in [-0.1, -0.05) is 20.8 Å². The summed E-state index contributed by atoms with van der Waals surface area (Å²) in [6, 6.07) is -0.588. The summed E-state index contributed by atoms with van der Waals surface area (Å²) in [7, 11) is 2.83. The molecule has 0 bridgehead atoms. The lowest BCUT2D eigenvalue weighted by atomic mass is 9.85. The minimum Gasteiger partial charge on any atom is -0.347 e. The molecule has 1 atom stereocenters. The third kappa shape index (κ3) is 7.89. The Kier molecular flexibility index (Phi) is 6.66. The number of carbonyl (C=O) groups is 2. The van der Waals surface area contributed by atoms with E-state index in [4.69, 9.17) is 5.73 Å². The lowest BCUT2D eigenvalue weighted by molar-refractivity contribution is -0.164. The monoisotopic (exact) mass is 311 g/mol. The molecule has 0 aliphatic heterocycles. The van der Waals surface area contributed by atoms with Gasteiger partial charge in [0.25, 0.3) is 0 Å². The number of nitrogens with zero attached hydrogens (tertiary/aromatic N) is 2. The average molecular weight is 311 g/mol. The van der Waals surface area contributed by atoms with Crippen molar-refractivity contribution in [2.45, 2.75) is 39.4 Å². The molecule has 0 aromatic rings. The van der Waals surface area contributed by atoms with Crippen molar-refractivity contribution in [2.75, 3.05) is 27.2 Å². The Morgan fingerprint density at radius 2 is 1.57 bits per heavy atom. The normalized spacial score (nSPS) is 13.8. The number of likely N-dealkylation sites (N-methyl/N-ethyl adjacent to an activating group) is 1. The van der Waals surface area contributed by atoms with E-state index in [1.165, 1.54) is 14.1 Å².